The van der Waals surface area contributed by atoms with Gasteiger partial charge in [0.25, 0.3) is 0 Å². The third kappa shape index (κ3) is 3.12. The molecule has 152 valence electrons. The summed E-state index contributed by atoms with van der Waals surface area (Å²) in [6.45, 7) is 0.0376. The summed E-state index contributed by atoms with van der Waals surface area (Å²) in [5.41, 5.74) is 1.37. The van der Waals surface area contributed by atoms with Crippen molar-refractivity contribution in [3.05, 3.63) is 59.7 Å². The van der Waals surface area contributed by atoms with Crippen LogP contribution in [-0.4, -0.2) is 36.0 Å². The molecule has 1 saturated carbocycles. The van der Waals surface area contributed by atoms with Crippen LogP contribution < -0.4 is 5.32 Å². The first-order valence-electron chi connectivity index (χ1n) is 9.14. The Morgan fingerprint density at radius 2 is 1.55 bits per heavy atom. The van der Waals surface area contributed by atoms with Crippen LogP contribution in [0.5, 0.6) is 0 Å². The number of amides is 1. The van der Waals surface area contributed by atoms with Gasteiger partial charge >= 0.3 is 18.2 Å². The molecule has 8 heteroatoms. The van der Waals surface area contributed by atoms with Crippen molar-refractivity contribution in [1.82, 2.24) is 5.32 Å². The molecule has 0 saturated heterocycles. The lowest BCUT2D eigenvalue weighted by molar-refractivity contribution is -0.256. The second-order valence-corrected chi connectivity index (χ2v) is 7.46. The maximum atomic E-state index is 13.0. The maximum Gasteiger partial charge on any atom is 0.407 e. The first kappa shape index (κ1) is 19.3. The number of rotatable bonds is 4. The number of nitrogens with one attached hydrogen (secondary N) is 1. The summed E-state index contributed by atoms with van der Waals surface area (Å²) in [7, 11) is 0. The fraction of sp³-hybridized carbons (Fsp3) is 0.333. The molecule has 4 rings (SSSR count). The number of hydrogen-bond acceptors (Lipinski definition) is 3. The molecule has 0 unspecified atom stereocenters. The minimum absolute atomic E-state index is 0.0376. The second-order valence-electron chi connectivity index (χ2n) is 7.46. The van der Waals surface area contributed by atoms with E-state index in [4.69, 9.17) is 9.84 Å². The zero-order chi connectivity index (χ0) is 20.8. The Balaban J connectivity index is 1.39. The normalized spacial score (nSPS) is 22.9. The van der Waals surface area contributed by atoms with E-state index in [9.17, 15) is 22.8 Å². The monoisotopic (exact) mass is 405 g/mol. The van der Waals surface area contributed by atoms with E-state index < -0.39 is 42.5 Å². The molecule has 1 fully saturated rings. The summed E-state index contributed by atoms with van der Waals surface area (Å²) in [6.07, 6.45) is -7.11. The van der Waals surface area contributed by atoms with Crippen molar-refractivity contribution in [2.45, 2.75) is 31.0 Å². The molecule has 1 amide bonds. The lowest BCUT2D eigenvalue weighted by Gasteiger charge is -2.44. The van der Waals surface area contributed by atoms with Gasteiger partial charge in [-0.05, 0) is 35.1 Å². The number of carbonyl (C=O) groups excluding carboxylic acids is 1. The van der Waals surface area contributed by atoms with Gasteiger partial charge in [-0.2, -0.15) is 13.2 Å². The Labute approximate surface area is 164 Å². The van der Waals surface area contributed by atoms with Crippen LogP contribution in [0.15, 0.2) is 48.5 Å². The van der Waals surface area contributed by atoms with Gasteiger partial charge in [0.2, 0.25) is 0 Å². The number of ether oxygens (including phenoxy) is 1. The van der Waals surface area contributed by atoms with Crippen LogP contribution in [0.25, 0.3) is 11.1 Å². The predicted octanol–water partition coefficient (Wildman–Crippen LogP) is 4.32. The largest absolute Gasteiger partial charge is 0.481 e. The van der Waals surface area contributed by atoms with Gasteiger partial charge in [0.1, 0.15) is 6.61 Å². The minimum atomic E-state index is -4.86. The van der Waals surface area contributed by atoms with Crippen molar-refractivity contribution in [3.8, 4) is 11.1 Å². The fourth-order valence-corrected chi connectivity index (χ4v) is 4.22. The molecule has 2 aromatic rings. The van der Waals surface area contributed by atoms with Crippen molar-refractivity contribution >= 4 is 12.1 Å². The third-order valence-electron chi connectivity index (χ3n) is 5.81. The topological polar surface area (TPSA) is 75.6 Å². The number of alkyl halides is 3. The van der Waals surface area contributed by atoms with Crippen LogP contribution in [0.4, 0.5) is 18.0 Å². The van der Waals surface area contributed by atoms with E-state index in [1.165, 1.54) is 0 Å². The van der Waals surface area contributed by atoms with Gasteiger partial charge in [0, 0.05) is 12.0 Å². The first-order valence-corrected chi connectivity index (χ1v) is 9.14. The Morgan fingerprint density at radius 3 is 2.03 bits per heavy atom. The molecule has 2 aromatic carbocycles. The van der Waals surface area contributed by atoms with Crippen molar-refractivity contribution in [3.63, 3.8) is 0 Å². The molecule has 29 heavy (non-hydrogen) atoms. The zero-order valence-electron chi connectivity index (χ0n) is 15.2. The Hall–Kier alpha value is -3.03. The lowest BCUT2D eigenvalue weighted by atomic mass is 9.65. The number of halogens is 3. The number of benzene rings is 2. The Bertz CT molecular complexity index is 921. The van der Waals surface area contributed by atoms with Crippen molar-refractivity contribution in [2.75, 3.05) is 6.61 Å². The highest BCUT2D eigenvalue weighted by molar-refractivity contribution is 5.79. The molecule has 0 bridgehead atoms. The van der Waals surface area contributed by atoms with E-state index in [2.05, 4.69) is 5.32 Å². The van der Waals surface area contributed by atoms with Crippen molar-refractivity contribution in [2.24, 2.45) is 5.41 Å². The number of fused-ring (bicyclic) bond motifs is 3. The quantitative estimate of drug-likeness (QED) is 0.794. The number of aliphatic carboxylic acids is 1. The standard InChI is InChI=1S/C21H18F3NO4/c22-21(23,24)20(18(26)27)9-12(10-20)25-19(28)29-11-17-15-7-3-1-5-13(15)14-6-2-4-8-16(14)17/h1-8,12,17H,9-11H2,(H,25,28)(H,26,27). The minimum Gasteiger partial charge on any atom is -0.481 e. The molecule has 0 radical (unpaired) electrons. The molecule has 5 nitrogen and oxygen atoms in total. The van der Waals surface area contributed by atoms with E-state index in [1.807, 2.05) is 48.5 Å². The lowest BCUT2D eigenvalue weighted by Crippen LogP contribution is -2.61. The van der Waals surface area contributed by atoms with E-state index in [0.29, 0.717) is 0 Å². The first-order chi connectivity index (χ1) is 13.7. The molecular weight excluding hydrogens is 387 g/mol. The highest BCUT2D eigenvalue weighted by atomic mass is 19.4. The predicted molar refractivity (Wildman–Crippen MR) is 97.4 cm³/mol. The van der Waals surface area contributed by atoms with E-state index >= 15 is 0 Å². The molecule has 0 aromatic heterocycles. The molecule has 0 heterocycles. The second kappa shape index (κ2) is 6.79. The fourth-order valence-electron chi connectivity index (χ4n) is 4.22. The number of carboxylic acids is 1. The average molecular weight is 405 g/mol. The highest BCUT2D eigenvalue weighted by Gasteiger charge is 2.67. The summed E-state index contributed by atoms with van der Waals surface area (Å²) >= 11 is 0. The van der Waals surface area contributed by atoms with Gasteiger partial charge in [-0.1, -0.05) is 48.5 Å². The summed E-state index contributed by atoms with van der Waals surface area (Å²) in [5, 5.41) is 11.3. The summed E-state index contributed by atoms with van der Waals surface area (Å²) in [6, 6.07) is 14.7. The van der Waals surface area contributed by atoms with Crippen LogP contribution in [0, 0.1) is 5.41 Å². The van der Waals surface area contributed by atoms with Gasteiger partial charge in [0.05, 0.1) is 0 Å². The van der Waals surface area contributed by atoms with Crippen LogP contribution in [-0.2, 0) is 9.53 Å². The summed E-state index contributed by atoms with van der Waals surface area (Å²) in [5.74, 6) is -2.08. The van der Waals surface area contributed by atoms with Gasteiger partial charge in [0.15, 0.2) is 5.41 Å². The van der Waals surface area contributed by atoms with E-state index in [0.717, 1.165) is 22.3 Å². The van der Waals surface area contributed by atoms with Gasteiger partial charge < -0.3 is 15.2 Å². The SMILES string of the molecule is O=C(NC1CC(C(=O)O)(C(F)(F)F)C1)OCC1c2ccccc2-c2ccccc21. The summed E-state index contributed by atoms with van der Waals surface area (Å²) in [4.78, 5) is 23.1. The van der Waals surface area contributed by atoms with Gasteiger partial charge in [-0.3, -0.25) is 4.79 Å². The molecule has 0 atom stereocenters. The average Bonchev–Trinajstić information content (AvgIpc) is 2.95. The smallest absolute Gasteiger partial charge is 0.407 e. The highest BCUT2D eigenvalue weighted by Crippen LogP contribution is 2.53. The third-order valence-corrected chi connectivity index (χ3v) is 5.81. The van der Waals surface area contributed by atoms with Crippen LogP contribution in [0.1, 0.15) is 29.9 Å². The molecule has 0 aliphatic heterocycles. The van der Waals surface area contributed by atoms with E-state index in [1.54, 1.807) is 0 Å². The van der Waals surface area contributed by atoms with Crippen molar-refractivity contribution in [1.29, 1.82) is 0 Å². The van der Waals surface area contributed by atoms with Crippen LogP contribution >= 0.6 is 0 Å². The molecular formula is C21H18F3NO4. The van der Waals surface area contributed by atoms with Crippen molar-refractivity contribution < 1.29 is 32.6 Å². The number of carboxylic acid groups (broad SMARTS) is 1. The van der Waals surface area contributed by atoms with Gasteiger partial charge in [-0.15, -0.1) is 0 Å². The molecule has 0 spiro atoms. The van der Waals surface area contributed by atoms with E-state index in [-0.39, 0.29) is 12.5 Å². The maximum absolute atomic E-state index is 13.0. The molecule has 2 N–H and O–H groups in total. The zero-order valence-corrected chi connectivity index (χ0v) is 15.2. The molecule has 2 aliphatic carbocycles. The van der Waals surface area contributed by atoms with Crippen LogP contribution in [0.2, 0.25) is 0 Å². The summed E-state index contributed by atoms with van der Waals surface area (Å²) < 4.78 is 44.4. The Morgan fingerprint density at radius 1 is 1.03 bits per heavy atom. The molecule has 2 aliphatic rings. The van der Waals surface area contributed by atoms with Gasteiger partial charge in [-0.25, -0.2) is 4.79 Å². The Kier molecular flexibility index (Phi) is 4.52. The van der Waals surface area contributed by atoms with Crippen LogP contribution in [0.3, 0.4) is 0 Å². The number of carbonyl (C=O) groups is 2. The number of hydrogen-bond donors (Lipinski definition) is 2. The number of alkyl carbamates (subject to hydrolysis) is 1.